The largest absolute Gasteiger partial charge is 0.356 e. The minimum Gasteiger partial charge on any atom is -0.316 e. The predicted octanol–water partition coefficient (Wildman–Crippen LogP) is 6.27. The lowest BCUT2D eigenvalue weighted by Crippen LogP contribution is -2.27. The summed E-state index contributed by atoms with van der Waals surface area (Å²) in [6.45, 7) is 5.69. The lowest BCUT2D eigenvalue weighted by atomic mass is 9.78. The third-order valence-corrected chi connectivity index (χ3v) is 4.84. The zero-order valence-electron chi connectivity index (χ0n) is 14.1. The van der Waals surface area contributed by atoms with E-state index in [2.05, 4.69) is 6.58 Å². The average Bonchev–Trinajstić information content (AvgIpc) is 2.53. The Labute approximate surface area is 138 Å². The molecule has 0 radical (unpaired) electrons. The van der Waals surface area contributed by atoms with Gasteiger partial charge in [0.15, 0.2) is 0 Å². The highest BCUT2D eigenvalue weighted by atomic mass is 19.3. The number of ether oxygens (including phenoxy) is 1. The monoisotopic (exact) mass is 322 g/mol. The first-order valence-electron chi connectivity index (χ1n) is 8.67. The molecule has 0 unspecified atom stereocenters. The molecule has 0 saturated heterocycles. The Balaban J connectivity index is 1.73. The molecule has 2 rings (SSSR count). The Morgan fingerprint density at radius 3 is 2.35 bits per heavy atom. The molecule has 1 aromatic carbocycles. The molecule has 23 heavy (non-hydrogen) atoms. The van der Waals surface area contributed by atoms with Crippen molar-refractivity contribution < 1.29 is 13.5 Å². The van der Waals surface area contributed by atoms with Crippen LogP contribution in [0.15, 0.2) is 36.9 Å². The van der Waals surface area contributed by atoms with Crippen LogP contribution < -0.4 is 0 Å². The number of benzene rings is 1. The number of halogens is 2. The SMILES string of the molecule is C=CCCC1CCC(CC(F)(F)OCc2ccc(C)cc2)CC1. The number of rotatable bonds is 8. The van der Waals surface area contributed by atoms with E-state index in [1.54, 1.807) is 0 Å². The van der Waals surface area contributed by atoms with E-state index < -0.39 is 6.11 Å². The van der Waals surface area contributed by atoms with Crippen LogP contribution in [0.25, 0.3) is 0 Å². The molecule has 1 aromatic rings. The van der Waals surface area contributed by atoms with Gasteiger partial charge in [0, 0.05) is 6.42 Å². The number of alkyl halides is 2. The molecule has 1 saturated carbocycles. The standard InChI is InChI=1S/C20H28F2O/c1-3-4-5-17-10-12-18(13-11-17)14-20(21,22)23-15-19-8-6-16(2)7-9-19/h3,6-9,17-18H,1,4-5,10-15H2,2H3. The van der Waals surface area contributed by atoms with Crippen LogP contribution in [0.5, 0.6) is 0 Å². The summed E-state index contributed by atoms with van der Waals surface area (Å²) in [4.78, 5) is 0. The van der Waals surface area contributed by atoms with Gasteiger partial charge in [-0.25, -0.2) is 0 Å². The van der Waals surface area contributed by atoms with Crippen LogP contribution in [-0.4, -0.2) is 6.11 Å². The van der Waals surface area contributed by atoms with Gasteiger partial charge in [0.1, 0.15) is 0 Å². The van der Waals surface area contributed by atoms with Crippen molar-refractivity contribution in [1.29, 1.82) is 0 Å². The van der Waals surface area contributed by atoms with Crippen LogP contribution in [0.2, 0.25) is 0 Å². The maximum absolute atomic E-state index is 14.0. The molecule has 128 valence electrons. The van der Waals surface area contributed by atoms with Crippen molar-refractivity contribution >= 4 is 0 Å². The summed E-state index contributed by atoms with van der Waals surface area (Å²) in [5.41, 5.74) is 1.91. The van der Waals surface area contributed by atoms with Gasteiger partial charge >= 0.3 is 6.11 Å². The highest BCUT2D eigenvalue weighted by molar-refractivity contribution is 5.20. The van der Waals surface area contributed by atoms with Crippen molar-refractivity contribution in [3.8, 4) is 0 Å². The van der Waals surface area contributed by atoms with Crippen molar-refractivity contribution in [3.63, 3.8) is 0 Å². The smallest absolute Gasteiger partial charge is 0.316 e. The van der Waals surface area contributed by atoms with E-state index in [9.17, 15) is 8.78 Å². The summed E-state index contributed by atoms with van der Waals surface area (Å²) >= 11 is 0. The van der Waals surface area contributed by atoms with Crippen LogP contribution in [0.4, 0.5) is 8.78 Å². The Morgan fingerprint density at radius 1 is 1.13 bits per heavy atom. The Hall–Kier alpha value is -1.22. The Kier molecular flexibility index (Phi) is 6.76. The molecule has 0 aromatic heterocycles. The zero-order chi connectivity index (χ0) is 16.7. The molecule has 1 aliphatic carbocycles. The molecule has 1 fully saturated rings. The minimum atomic E-state index is -3.02. The summed E-state index contributed by atoms with van der Waals surface area (Å²) in [7, 11) is 0. The van der Waals surface area contributed by atoms with Gasteiger partial charge in [0.2, 0.25) is 0 Å². The highest BCUT2D eigenvalue weighted by Gasteiger charge is 2.35. The van der Waals surface area contributed by atoms with Crippen LogP contribution in [0.3, 0.4) is 0 Å². The lowest BCUT2D eigenvalue weighted by Gasteiger charge is -2.30. The molecule has 1 aliphatic rings. The van der Waals surface area contributed by atoms with Crippen molar-refractivity contribution in [2.24, 2.45) is 11.8 Å². The van der Waals surface area contributed by atoms with Crippen LogP contribution in [0.1, 0.15) is 56.1 Å². The van der Waals surface area contributed by atoms with Gasteiger partial charge < -0.3 is 4.74 Å². The summed E-state index contributed by atoms with van der Waals surface area (Å²) < 4.78 is 33.0. The van der Waals surface area contributed by atoms with E-state index in [4.69, 9.17) is 4.74 Å². The Bertz CT molecular complexity index is 473. The predicted molar refractivity (Wildman–Crippen MR) is 90.4 cm³/mol. The first-order chi connectivity index (χ1) is 11.0. The fourth-order valence-electron chi connectivity index (χ4n) is 3.35. The molecule has 0 aliphatic heterocycles. The highest BCUT2D eigenvalue weighted by Crippen LogP contribution is 2.38. The second-order valence-electron chi connectivity index (χ2n) is 6.87. The van der Waals surface area contributed by atoms with E-state index in [-0.39, 0.29) is 18.9 Å². The molecular formula is C20H28F2O. The quantitative estimate of drug-likeness (QED) is 0.513. The third-order valence-electron chi connectivity index (χ3n) is 4.84. The number of hydrogen-bond acceptors (Lipinski definition) is 1. The lowest BCUT2D eigenvalue weighted by molar-refractivity contribution is -0.256. The van der Waals surface area contributed by atoms with E-state index in [1.807, 2.05) is 37.3 Å². The Morgan fingerprint density at radius 2 is 1.74 bits per heavy atom. The molecule has 1 nitrogen and oxygen atoms in total. The second-order valence-corrected chi connectivity index (χ2v) is 6.87. The number of allylic oxidation sites excluding steroid dienone is 1. The van der Waals surface area contributed by atoms with Crippen LogP contribution in [-0.2, 0) is 11.3 Å². The van der Waals surface area contributed by atoms with Crippen molar-refractivity contribution in [1.82, 2.24) is 0 Å². The third kappa shape index (κ3) is 6.42. The molecule has 3 heteroatoms. The molecule has 0 bridgehead atoms. The van der Waals surface area contributed by atoms with E-state index in [1.165, 1.54) is 0 Å². The van der Waals surface area contributed by atoms with Gasteiger partial charge in [-0.1, -0.05) is 48.7 Å². The minimum absolute atomic E-state index is 0.0258. The van der Waals surface area contributed by atoms with Gasteiger partial charge in [0.25, 0.3) is 0 Å². The molecule has 0 N–H and O–H groups in total. The second kappa shape index (κ2) is 8.58. The molecule has 0 atom stereocenters. The van der Waals surface area contributed by atoms with Crippen molar-refractivity contribution in [3.05, 3.63) is 48.0 Å². The first kappa shape index (κ1) is 18.1. The van der Waals surface area contributed by atoms with Gasteiger partial charge in [-0.3, -0.25) is 0 Å². The fourth-order valence-corrected chi connectivity index (χ4v) is 3.35. The maximum Gasteiger partial charge on any atom is 0.356 e. The summed E-state index contributed by atoms with van der Waals surface area (Å²) in [6, 6.07) is 7.52. The van der Waals surface area contributed by atoms with Gasteiger partial charge in [-0.15, -0.1) is 6.58 Å². The van der Waals surface area contributed by atoms with E-state index >= 15 is 0 Å². The summed E-state index contributed by atoms with van der Waals surface area (Å²) in [6.07, 6.45) is 4.87. The van der Waals surface area contributed by atoms with Gasteiger partial charge in [0.05, 0.1) is 6.61 Å². The molecule has 0 amide bonds. The van der Waals surface area contributed by atoms with Crippen LogP contribution in [0, 0.1) is 18.8 Å². The van der Waals surface area contributed by atoms with Crippen LogP contribution >= 0.6 is 0 Å². The summed E-state index contributed by atoms with van der Waals surface area (Å²) in [5.74, 6) is 0.773. The summed E-state index contributed by atoms with van der Waals surface area (Å²) in [5, 5.41) is 0. The molecule has 0 spiro atoms. The van der Waals surface area contributed by atoms with Crippen molar-refractivity contribution in [2.45, 2.75) is 64.6 Å². The maximum atomic E-state index is 14.0. The molecule has 0 heterocycles. The van der Waals surface area contributed by atoms with Gasteiger partial charge in [-0.2, -0.15) is 8.78 Å². The first-order valence-corrected chi connectivity index (χ1v) is 8.67. The number of aryl methyl sites for hydroxylation is 1. The fraction of sp³-hybridized carbons (Fsp3) is 0.600. The number of hydrogen-bond donors (Lipinski definition) is 0. The average molecular weight is 322 g/mol. The van der Waals surface area contributed by atoms with Crippen molar-refractivity contribution in [2.75, 3.05) is 0 Å². The normalized spacial score (nSPS) is 22.0. The topological polar surface area (TPSA) is 9.23 Å². The van der Waals surface area contributed by atoms with E-state index in [0.29, 0.717) is 5.92 Å². The molecular weight excluding hydrogens is 294 g/mol. The van der Waals surface area contributed by atoms with Gasteiger partial charge in [-0.05, 0) is 50.0 Å². The zero-order valence-corrected chi connectivity index (χ0v) is 14.1. The van der Waals surface area contributed by atoms with E-state index in [0.717, 1.165) is 49.7 Å².